The minimum absolute atomic E-state index is 0.811. The molecule has 2 heteroatoms. The van der Waals surface area contributed by atoms with Crippen molar-refractivity contribution in [3.63, 3.8) is 0 Å². The maximum atomic E-state index is 5.92. The van der Waals surface area contributed by atoms with E-state index in [1.54, 1.807) is 0 Å². The molecule has 1 aromatic heterocycles. The van der Waals surface area contributed by atoms with Crippen molar-refractivity contribution in [2.75, 3.05) is 6.61 Å². The summed E-state index contributed by atoms with van der Waals surface area (Å²) >= 11 is 0. The second kappa shape index (κ2) is 16.8. The van der Waals surface area contributed by atoms with E-state index in [1.165, 1.54) is 82.6 Å². The van der Waals surface area contributed by atoms with E-state index < -0.39 is 0 Å². The van der Waals surface area contributed by atoms with Crippen molar-refractivity contribution in [3.8, 4) is 17.0 Å². The predicted octanol–water partition coefficient (Wildman–Crippen LogP) is 9.42. The first-order valence-corrected chi connectivity index (χ1v) is 13.4. The van der Waals surface area contributed by atoms with Crippen LogP contribution in [0.4, 0.5) is 0 Å². The number of aryl methyl sites for hydroxylation is 1. The Morgan fingerprint density at radius 1 is 0.750 bits per heavy atom. The average molecular weight is 438 g/mol. The molecule has 0 aliphatic heterocycles. The van der Waals surface area contributed by atoms with Gasteiger partial charge in [-0.05, 0) is 61.1 Å². The number of pyridine rings is 1. The molecular formula is C30H47NO. The van der Waals surface area contributed by atoms with Gasteiger partial charge in [-0.25, -0.2) is 0 Å². The fourth-order valence-electron chi connectivity index (χ4n) is 4.09. The first-order chi connectivity index (χ1) is 15.7. The Labute approximate surface area is 198 Å². The summed E-state index contributed by atoms with van der Waals surface area (Å²) < 4.78 is 5.92. The van der Waals surface area contributed by atoms with E-state index in [4.69, 9.17) is 9.72 Å². The summed E-state index contributed by atoms with van der Waals surface area (Å²) in [4.78, 5) is 4.70. The van der Waals surface area contributed by atoms with Crippen molar-refractivity contribution in [2.45, 2.75) is 111 Å². The molecule has 1 heterocycles. The van der Waals surface area contributed by atoms with Crippen LogP contribution in [0.25, 0.3) is 11.3 Å². The van der Waals surface area contributed by atoms with Gasteiger partial charge in [-0.2, -0.15) is 0 Å². The molecular weight excluding hydrogens is 390 g/mol. The average Bonchev–Trinajstić information content (AvgIpc) is 2.83. The molecule has 178 valence electrons. The molecule has 1 aromatic carbocycles. The van der Waals surface area contributed by atoms with Crippen LogP contribution in [-0.2, 0) is 6.42 Å². The van der Waals surface area contributed by atoms with Gasteiger partial charge in [0.2, 0.25) is 0 Å². The van der Waals surface area contributed by atoms with Crippen molar-refractivity contribution in [2.24, 2.45) is 5.92 Å². The third kappa shape index (κ3) is 11.2. The summed E-state index contributed by atoms with van der Waals surface area (Å²) in [6.07, 6.45) is 20.5. The van der Waals surface area contributed by atoms with Gasteiger partial charge in [0.15, 0.2) is 0 Å². The Morgan fingerprint density at radius 3 is 2.09 bits per heavy atom. The van der Waals surface area contributed by atoms with Crippen LogP contribution in [0.15, 0.2) is 42.6 Å². The van der Waals surface area contributed by atoms with Gasteiger partial charge in [-0.3, -0.25) is 4.98 Å². The number of rotatable bonds is 18. The highest BCUT2D eigenvalue weighted by atomic mass is 16.5. The Balaban J connectivity index is 1.63. The van der Waals surface area contributed by atoms with Crippen LogP contribution >= 0.6 is 0 Å². The lowest BCUT2D eigenvalue weighted by atomic mass is 10.0. The number of aromatic nitrogens is 1. The molecule has 0 bridgehead atoms. The molecule has 0 aliphatic rings. The Hall–Kier alpha value is -1.83. The Kier molecular flexibility index (Phi) is 13.8. The maximum absolute atomic E-state index is 5.92. The highest BCUT2D eigenvalue weighted by molar-refractivity contribution is 5.60. The van der Waals surface area contributed by atoms with Crippen molar-refractivity contribution >= 4 is 0 Å². The van der Waals surface area contributed by atoms with E-state index in [9.17, 15) is 0 Å². The van der Waals surface area contributed by atoms with Gasteiger partial charge in [-0.1, -0.05) is 97.5 Å². The van der Waals surface area contributed by atoms with Gasteiger partial charge in [0.05, 0.1) is 12.3 Å². The Bertz CT molecular complexity index is 692. The van der Waals surface area contributed by atoms with E-state index in [0.29, 0.717) is 0 Å². The zero-order valence-electron chi connectivity index (χ0n) is 21.1. The minimum atomic E-state index is 0.811. The second-order valence-electron chi connectivity index (χ2n) is 9.51. The van der Waals surface area contributed by atoms with Gasteiger partial charge in [0.1, 0.15) is 5.75 Å². The van der Waals surface area contributed by atoms with Crippen LogP contribution in [0.5, 0.6) is 5.75 Å². The number of hydrogen-bond acceptors (Lipinski definition) is 2. The number of ether oxygens (including phenoxy) is 1. The normalized spacial score (nSPS) is 12.1. The second-order valence-corrected chi connectivity index (χ2v) is 9.51. The molecule has 0 radical (unpaired) electrons. The minimum Gasteiger partial charge on any atom is -0.494 e. The van der Waals surface area contributed by atoms with Gasteiger partial charge in [0.25, 0.3) is 0 Å². The first kappa shape index (κ1) is 26.4. The smallest absolute Gasteiger partial charge is 0.119 e. The van der Waals surface area contributed by atoms with Crippen LogP contribution in [-0.4, -0.2) is 11.6 Å². The van der Waals surface area contributed by atoms with Crippen molar-refractivity contribution in [1.29, 1.82) is 0 Å². The lowest BCUT2D eigenvalue weighted by Crippen LogP contribution is -1.98. The molecule has 1 unspecified atom stereocenters. The first-order valence-electron chi connectivity index (χ1n) is 13.4. The van der Waals surface area contributed by atoms with Crippen LogP contribution in [0.1, 0.15) is 110 Å². The monoisotopic (exact) mass is 437 g/mol. The predicted molar refractivity (Wildman–Crippen MR) is 139 cm³/mol. The van der Waals surface area contributed by atoms with Gasteiger partial charge in [0, 0.05) is 11.8 Å². The molecule has 0 aliphatic carbocycles. The molecule has 0 saturated carbocycles. The molecule has 1 atom stereocenters. The fraction of sp³-hybridized carbons (Fsp3) is 0.633. The molecule has 32 heavy (non-hydrogen) atoms. The fourth-order valence-corrected chi connectivity index (χ4v) is 4.09. The highest BCUT2D eigenvalue weighted by Crippen LogP contribution is 2.22. The third-order valence-electron chi connectivity index (χ3n) is 6.60. The topological polar surface area (TPSA) is 22.1 Å². The van der Waals surface area contributed by atoms with Gasteiger partial charge in [-0.15, -0.1) is 0 Å². The van der Waals surface area contributed by atoms with E-state index in [1.807, 2.05) is 0 Å². The summed E-state index contributed by atoms with van der Waals surface area (Å²) in [6, 6.07) is 12.8. The van der Waals surface area contributed by atoms with Gasteiger partial charge >= 0.3 is 0 Å². The SMILES string of the molecule is CCCCCCCCCCc1ccc(-c2ccc(OCCCCCC(C)CC)cc2)nc1. The third-order valence-corrected chi connectivity index (χ3v) is 6.60. The number of hydrogen-bond donors (Lipinski definition) is 0. The van der Waals surface area contributed by atoms with E-state index in [2.05, 4.69) is 63.4 Å². The molecule has 2 rings (SSSR count). The number of unbranched alkanes of at least 4 members (excludes halogenated alkanes) is 9. The van der Waals surface area contributed by atoms with Crippen molar-refractivity contribution in [1.82, 2.24) is 4.98 Å². The van der Waals surface area contributed by atoms with E-state index in [-0.39, 0.29) is 0 Å². The van der Waals surface area contributed by atoms with Crippen molar-refractivity contribution in [3.05, 3.63) is 48.2 Å². The lowest BCUT2D eigenvalue weighted by molar-refractivity contribution is 0.302. The van der Waals surface area contributed by atoms with E-state index in [0.717, 1.165) is 42.4 Å². The summed E-state index contributed by atoms with van der Waals surface area (Å²) in [5.74, 6) is 1.82. The molecule has 0 amide bonds. The van der Waals surface area contributed by atoms with Crippen molar-refractivity contribution < 1.29 is 4.74 Å². The van der Waals surface area contributed by atoms with Crippen LogP contribution < -0.4 is 4.74 Å². The quantitative estimate of drug-likeness (QED) is 0.217. The molecule has 2 aromatic rings. The molecule has 0 saturated heterocycles. The Morgan fingerprint density at radius 2 is 1.44 bits per heavy atom. The molecule has 0 N–H and O–H groups in total. The van der Waals surface area contributed by atoms with E-state index >= 15 is 0 Å². The number of benzene rings is 1. The van der Waals surface area contributed by atoms with Crippen LogP contribution in [0, 0.1) is 5.92 Å². The van der Waals surface area contributed by atoms with Gasteiger partial charge < -0.3 is 4.74 Å². The summed E-state index contributed by atoms with van der Waals surface area (Å²) in [6.45, 7) is 7.71. The summed E-state index contributed by atoms with van der Waals surface area (Å²) in [7, 11) is 0. The number of nitrogens with zero attached hydrogens (tertiary/aromatic N) is 1. The zero-order valence-corrected chi connectivity index (χ0v) is 21.1. The molecule has 2 nitrogen and oxygen atoms in total. The zero-order chi connectivity index (χ0) is 22.9. The van der Waals surface area contributed by atoms with Crippen LogP contribution in [0.3, 0.4) is 0 Å². The molecule has 0 spiro atoms. The van der Waals surface area contributed by atoms with Crippen LogP contribution in [0.2, 0.25) is 0 Å². The largest absolute Gasteiger partial charge is 0.494 e. The highest BCUT2D eigenvalue weighted by Gasteiger charge is 2.03. The standard InChI is InChI=1S/C30H47NO/c1-4-6-7-8-9-10-11-14-17-27-18-23-30(31-25-27)28-19-21-29(22-20-28)32-24-15-12-13-16-26(3)5-2/h18-23,25-26H,4-17,24H2,1-3H3. The molecule has 0 fully saturated rings. The maximum Gasteiger partial charge on any atom is 0.119 e. The summed E-state index contributed by atoms with van der Waals surface area (Å²) in [5, 5.41) is 0. The lowest BCUT2D eigenvalue weighted by Gasteiger charge is -2.09. The summed E-state index contributed by atoms with van der Waals surface area (Å²) in [5.41, 5.74) is 3.55.